The van der Waals surface area contributed by atoms with Gasteiger partial charge in [0.25, 0.3) is 0 Å². The molecule has 100 valence electrons. The van der Waals surface area contributed by atoms with Crippen molar-refractivity contribution in [3.05, 3.63) is 47.9 Å². The molecule has 0 spiro atoms. The van der Waals surface area contributed by atoms with Crippen molar-refractivity contribution in [3.63, 3.8) is 0 Å². The second kappa shape index (κ2) is 6.24. The first-order chi connectivity index (χ1) is 9.26. The van der Waals surface area contributed by atoms with E-state index in [0.717, 1.165) is 11.3 Å². The summed E-state index contributed by atoms with van der Waals surface area (Å²) in [5, 5.41) is 3.13. The Morgan fingerprint density at radius 2 is 2.05 bits per heavy atom. The SMILES string of the molecule is COc1cccc(C(=S)NCc2ccco2)c1OC. The fraction of sp³-hybridized carbons (Fsp3) is 0.214. The van der Waals surface area contributed by atoms with Crippen molar-refractivity contribution in [1.82, 2.24) is 5.32 Å². The first kappa shape index (κ1) is 13.4. The number of para-hydroxylation sites is 1. The highest BCUT2D eigenvalue weighted by atomic mass is 32.1. The lowest BCUT2D eigenvalue weighted by Crippen LogP contribution is -2.22. The summed E-state index contributed by atoms with van der Waals surface area (Å²) in [6, 6.07) is 9.32. The second-order valence-electron chi connectivity index (χ2n) is 3.80. The van der Waals surface area contributed by atoms with Crippen molar-refractivity contribution in [2.75, 3.05) is 14.2 Å². The average molecular weight is 277 g/mol. The van der Waals surface area contributed by atoms with E-state index >= 15 is 0 Å². The molecule has 0 aliphatic rings. The third kappa shape index (κ3) is 3.06. The zero-order chi connectivity index (χ0) is 13.7. The van der Waals surface area contributed by atoms with Crippen LogP contribution < -0.4 is 14.8 Å². The van der Waals surface area contributed by atoms with Crippen LogP contribution in [0.1, 0.15) is 11.3 Å². The molecule has 5 heteroatoms. The van der Waals surface area contributed by atoms with E-state index in [1.54, 1.807) is 20.5 Å². The molecule has 0 aliphatic heterocycles. The van der Waals surface area contributed by atoms with Crippen LogP contribution in [0.15, 0.2) is 41.0 Å². The minimum Gasteiger partial charge on any atom is -0.493 e. The molecule has 2 aromatic rings. The zero-order valence-electron chi connectivity index (χ0n) is 10.8. The highest BCUT2D eigenvalue weighted by Gasteiger charge is 2.13. The number of methoxy groups -OCH3 is 2. The normalized spacial score (nSPS) is 10.0. The predicted molar refractivity (Wildman–Crippen MR) is 76.8 cm³/mol. The summed E-state index contributed by atoms with van der Waals surface area (Å²) in [4.78, 5) is 0.590. The number of hydrogen-bond acceptors (Lipinski definition) is 4. The summed E-state index contributed by atoms with van der Waals surface area (Å²) in [6.07, 6.45) is 1.63. The molecular weight excluding hydrogens is 262 g/mol. The topological polar surface area (TPSA) is 43.6 Å². The lowest BCUT2D eigenvalue weighted by atomic mass is 10.2. The van der Waals surface area contributed by atoms with Crippen molar-refractivity contribution < 1.29 is 13.9 Å². The number of furan rings is 1. The molecule has 1 N–H and O–H groups in total. The second-order valence-corrected chi connectivity index (χ2v) is 4.21. The first-order valence-electron chi connectivity index (χ1n) is 5.78. The molecule has 0 radical (unpaired) electrons. The van der Waals surface area contributed by atoms with Gasteiger partial charge in [0, 0.05) is 0 Å². The van der Waals surface area contributed by atoms with Gasteiger partial charge < -0.3 is 19.2 Å². The fourth-order valence-electron chi connectivity index (χ4n) is 1.74. The first-order valence-corrected chi connectivity index (χ1v) is 6.18. The number of thiocarbonyl (C=S) groups is 1. The molecule has 1 heterocycles. The van der Waals surface area contributed by atoms with Gasteiger partial charge in [-0.25, -0.2) is 0 Å². The lowest BCUT2D eigenvalue weighted by Gasteiger charge is -2.13. The van der Waals surface area contributed by atoms with E-state index in [0.29, 0.717) is 23.0 Å². The number of hydrogen-bond donors (Lipinski definition) is 1. The average Bonchev–Trinajstić information content (AvgIpc) is 2.97. The van der Waals surface area contributed by atoms with Gasteiger partial charge in [0.15, 0.2) is 11.5 Å². The smallest absolute Gasteiger partial charge is 0.170 e. The van der Waals surface area contributed by atoms with Crippen LogP contribution in [0.25, 0.3) is 0 Å². The van der Waals surface area contributed by atoms with E-state index < -0.39 is 0 Å². The van der Waals surface area contributed by atoms with Crippen molar-refractivity contribution in [3.8, 4) is 11.5 Å². The van der Waals surface area contributed by atoms with Gasteiger partial charge in [-0.2, -0.15) is 0 Å². The molecule has 0 atom stereocenters. The maximum absolute atomic E-state index is 5.37. The van der Waals surface area contributed by atoms with Gasteiger partial charge in [0.05, 0.1) is 32.6 Å². The van der Waals surface area contributed by atoms with Crippen LogP contribution in [-0.2, 0) is 6.54 Å². The molecule has 4 nitrogen and oxygen atoms in total. The maximum Gasteiger partial charge on any atom is 0.170 e. The van der Waals surface area contributed by atoms with Crippen LogP contribution in [0.4, 0.5) is 0 Å². The molecule has 0 saturated heterocycles. The summed E-state index contributed by atoms with van der Waals surface area (Å²) >= 11 is 5.37. The van der Waals surface area contributed by atoms with E-state index in [9.17, 15) is 0 Å². The van der Waals surface area contributed by atoms with Gasteiger partial charge in [0.1, 0.15) is 10.7 Å². The number of nitrogens with one attached hydrogen (secondary N) is 1. The van der Waals surface area contributed by atoms with Gasteiger partial charge >= 0.3 is 0 Å². The van der Waals surface area contributed by atoms with E-state index in [4.69, 9.17) is 26.1 Å². The molecule has 2 rings (SSSR count). The van der Waals surface area contributed by atoms with Gasteiger partial charge in [-0.15, -0.1) is 0 Å². The Bertz CT molecular complexity index is 552. The molecule has 1 aromatic heterocycles. The number of benzene rings is 1. The predicted octanol–water partition coefficient (Wildman–Crippen LogP) is 2.76. The van der Waals surface area contributed by atoms with Crippen molar-refractivity contribution in [1.29, 1.82) is 0 Å². The monoisotopic (exact) mass is 277 g/mol. The Balaban J connectivity index is 2.14. The van der Waals surface area contributed by atoms with Gasteiger partial charge in [-0.3, -0.25) is 0 Å². The van der Waals surface area contributed by atoms with E-state index in [1.807, 2.05) is 30.3 Å². The summed E-state index contributed by atoms with van der Waals surface area (Å²) in [6.45, 7) is 0.534. The third-order valence-electron chi connectivity index (χ3n) is 2.65. The van der Waals surface area contributed by atoms with Crippen molar-refractivity contribution in [2.45, 2.75) is 6.54 Å². The van der Waals surface area contributed by atoms with Crippen LogP contribution in [0, 0.1) is 0 Å². The number of ether oxygens (including phenoxy) is 2. The van der Waals surface area contributed by atoms with Crippen LogP contribution >= 0.6 is 12.2 Å². The molecule has 1 aromatic carbocycles. The molecule has 0 saturated carbocycles. The molecule has 0 aliphatic carbocycles. The summed E-state index contributed by atoms with van der Waals surface area (Å²) < 4.78 is 15.8. The highest BCUT2D eigenvalue weighted by Crippen LogP contribution is 2.30. The fourth-order valence-corrected chi connectivity index (χ4v) is 1.97. The Kier molecular flexibility index (Phi) is 4.41. The van der Waals surface area contributed by atoms with Crippen molar-refractivity contribution in [2.24, 2.45) is 0 Å². The Hall–Kier alpha value is -2.01. The summed E-state index contributed by atoms with van der Waals surface area (Å²) in [5.41, 5.74) is 0.795. The minimum atomic E-state index is 0.534. The quantitative estimate of drug-likeness (QED) is 0.851. The molecule has 0 unspecified atom stereocenters. The van der Waals surface area contributed by atoms with Crippen LogP contribution in [-0.4, -0.2) is 19.2 Å². The maximum atomic E-state index is 5.37. The highest BCUT2D eigenvalue weighted by molar-refractivity contribution is 7.80. The van der Waals surface area contributed by atoms with Gasteiger partial charge in [0.2, 0.25) is 0 Å². The zero-order valence-corrected chi connectivity index (χ0v) is 11.6. The molecular formula is C14H15NO3S. The van der Waals surface area contributed by atoms with E-state index in [2.05, 4.69) is 5.32 Å². The van der Waals surface area contributed by atoms with E-state index in [1.165, 1.54) is 0 Å². The van der Waals surface area contributed by atoms with Crippen molar-refractivity contribution >= 4 is 17.2 Å². The minimum absolute atomic E-state index is 0.534. The van der Waals surface area contributed by atoms with Crippen LogP contribution in [0.5, 0.6) is 11.5 Å². The van der Waals surface area contributed by atoms with E-state index in [-0.39, 0.29) is 0 Å². The van der Waals surface area contributed by atoms with Crippen LogP contribution in [0.3, 0.4) is 0 Å². The molecule has 0 amide bonds. The molecule has 0 fully saturated rings. The summed E-state index contributed by atoms with van der Waals surface area (Å²) in [7, 11) is 3.19. The Labute approximate surface area is 117 Å². The van der Waals surface area contributed by atoms with Gasteiger partial charge in [-0.05, 0) is 24.3 Å². The summed E-state index contributed by atoms with van der Waals surface area (Å²) in [5.74, 6) is 2.10. The standard InChI is InChI=1S/C14H15NO3S/c1-16-12-7-3-6-11(13(12)17-2)14(19)15-9-10-5-4-8-18-10/h3-8H,9H2,1-2H3,(H,15,19). The lowest BCUT2D eigenvalue weighted by molar-refractivity contribution is 0.354. The number of rotatable bonds is 5. The Morgan fingerprint density at radius 1 is 1.21 bits per heavy atom. The van der Waals surface area contributed by atoms with Gasteiger partial charge in [-0.1, -0.05) is 18.3 Å². The largest absolute Gasteiger partial charge is 0.493 e. The molecule has 0 bridgehead atoms. The third-order valence-corrected chi connectivity index (χ3v) is 3.02. The molecule has 19 heavy (non-hydrogen) atoms. The Morgan fingerprint density at radius 3 is 2.68 bits per heavy atom. The van der Waals surface area contributed by atoms with Crippen LogP contribution in [0.2, 0.25) is 0 Å².